The standard InChI is InChI=1S/C11H20N2S2/c1-14-9-3-6-13-7-4-11(10-12,15-2)5-8-13/h3-9H2,1-2H3. The summed E-state index contributed by atoms with van der Waals surface area (Å²) in [4.78, 5) is 2.50. The van der Waals surface area contributed by atoms with E-state index in [1.165, 1.54) is 18.7 Å². The summed E-state index contributed by atoms with van der Waals surface area (Å²) in [5.41, 5.74) is 0. The lowest BCUT2D eigenvalue weighted by molar-refractivity contribution is 0.218. The Labute approximate surface area is 102 Å². The third kappa shape index (κ3) is 3.90. The largest absolute Gasteiger partial charge is 0.303 e. The first-order chi connectivity index (χ1) is 7.26. The molecule has 0 aromatic carbocycles. The van der Waals surface area contributed by atoms with E-state index in [0.717, 1.165) is 25.9 Å². The van der Waals surface area contributed by atoms with Crippen LogP contribution in [0.15, 0.2) is 0 Å². The highest BCUT2D eigenvalue weighted by Crippen LogP contribution is 2.33. The van der Waals surface area contributed by atoms with Crippen LogP contribution in [0.4, 0.5) is 0 Å². The molecule has 1 aliphatic rings. The van der Waals surface area contributed by atoms with Crippen LogP contribution in [0.3, 0.4) is 0 Å². The minimum Gasteiger partial charge on any atom is -0.303 e. The van der Waals surface area contributed by atoms with Crippen LogP contribution >= 0.6 is 23.5 Å². The third-order valence-electron chi connectivity index (χ3n) is 3.08. The number of nitriles is 1. The second kappa shape index (κ2) is 6.67. The van der Waals surface area contributed by atoms with Crippen LogP contribution < -0.4 is 0 Å². The lowest BCUT2D eigenvalue weighted by Crippen LogP contribution is -2.41. The molecule has 0 bridgehead atoms. The van der Waals surface area contributed by atoms with E-state index in [1.54, 1.807) is 11.8 Å². The van der Waals surface area contributed by atoms with E-state index in [0.29, 0.717) is 0 Å². The predicted molar refractivity (Wildman–Crippen MR) is 70.5 cm³/mol. The van der Waals surface area contributed by atoms with Gasteiger partial charge in [-0.2, -0.15) is 17.0 Å². The maximum Gasteiger partial charge on any atom is 0.104 e. The highest BCUT2D eigenvalue weighted by Gasteiger charge is 2.33. The molecule has 1 aliphatic heterocycles. The Kier molecular flexibility index (Phi) is 5.88. The fourth-order valence-electron chi connectivity index (χ4n) is 1.93. The Morgan fingerprint density at radius 2 is 2.00 bits per heavy atom. The SMILES string of the molecule is CSCCCN1CCC(C#N)(SC)CC1. The molecule has 1 rings (SSSR count). The first kappa shape index (κ1) is 13.2. The monoisotopic (exact) mass is 244 g/mol. The van der Waals surface area contributed by atoms with Crippen molar-refractivity contribution in [2.45, 2.75) is 24.0 Å². The summed E-state index contributed by atoms with van der Waals surface area (Å²) < 4.78 is -0.0873. The van der Waals surface area contributed by atoms with Crippen molar-refractivity contribution in [3.63, 3.8) is 0 Å². The molecule has 0 aromatic rings. The van der Waals surface area contributed by atoms with Crippen molar-refractivity contribution in [1.29, 1.82) is 5.26 Å². The zero-order valence-corrected chi connectivity index (χ0v) is 11.3. The number of nitrogens with zero attached hydrogens (tertiary/aromatic N) is 2. The quantitative estimate of drug-likeness (QED) is 0.694. The molecule has 0 saturated carbocycles. The lowest BCUT2D eigenvalue weighted by atomic mass is 9.97. The lowest BCUT2D eigenvalue weighted by Gasteiger charge is -2.36. The molecule has 0 spiro atoms. The van der Waals surface area contributed by atoms with E-state index in [9.17, 15) is 0 Å². The van der Waals surface area contributed by atoms with E-state index in [4.69, 9.17) is 5.26 Å². The Morgan fingerprint density at radius 3 is 2.47 bits per heavy atom. The van der Waals surface area contributed by atoms with Gasteiger partial charge < -0.3 is 4.90 Å². The first-order valence-corrected chi connectivity index (χ1v) is 8.06. The molecule has 0 radical (unpaired) electrons. The summed E-state index contributed by atoms with van der Waals surface area (Å²) in [5.74, 6) is 1.25. The second-order valence-corrected chi connectivity index (χ2v) is 6.17. The van der Waals surface area contributed by atoms with Crippen LogP contribution in [-0.4, -0.2) is 47.5 Å². The Bertz CT molecular complexity index is 217. The highest BCUT2D eigenvalue weighted by atomic mass is 32.2. The molecule has 0 atom stereocenters. The van der Waals surface area contributed by atoms with Gasteiger partial charge in [-0.15, -0.1) is 11.8 Å². The minimum absolute atomic E-state index is 0.0873. The number of hydrogen-bond acceptors (Lipinski definition) is 4. The molecule has 0 unspecified atom stereocenters. The van der Waals surface area contributed by atoms with Crippen LogP contribution in [0, 0.1) is 11.3 Å². The van der Waals surface area contributed by atoms with Crippen LogP contribution in [0.25, 0.3) is 0 Å². The Balaban J connectivity index is 2.26. The van der Waals surface area contributed by atoms with Gasteiger partial charge in [-0.05, 0) is 44.1 Å². The smallest absolute Gasteiger partial charge is 0.104 e. The topological polar surface area (TPSA) is 27.0 Å². The zero-order valence-electron chi connectivity index (χ0n) is 9.66. The van der Waals surface area contributed by atoms with Crippen LogP contribution in [-0.2, 0) is 0 Å². The Morgan fingerprint density at radius 1 is 1.33 bits per heavy atom. The number of likely N-dealkylation sites (tertiary alicyclic amines) is 1. The fourth-order valence-corrected chi connectivity index (χ4v) is 3.03. The molecule has 2 nitrogen and oxygen atoms in total. The third-order valence-corrected chi connectivity index (χ3v) is 5.06. The van der Waals surface area contributed by atoms with E-state index < -0.39 is 0 Å². The van der Waals surface area contributed by atoms with Gasteiger partial charge in [0.2, 0.25) is 0 Å². The summed E-state index contributed by atoms with van der Waals surface area (Å²) in [5, 5.41) is 9.15. The predicted octanol–water partition coefficient (Wildman–Crippen LogP) is 2.46. The van der Waals surface area contributed by atoms with Crippen LogP contribution in [0.2, 0.25) is 0 Å². The summed E-state index contributed by atoms with van der Waals surface area (Å²) in [7, 11) is 0. The average Bonchev–Trinajstić information content (AvgIpc) is 2.31. The number of piperidine rings is 1. The number of hydrogen-bond donors (Lipinski definition) is 0. The normalized spacial score (nSPS) is 21.1. The molecule has 1 heterocycles. The molecule has 4 heteroatoms. The molecular weight excluding hydrogens is 224 g/mol. The van der Waals surface area contributed by atoms with Crippen molar-refractivity contribution in [1.82, 2.24) is 4.90 Å². The van der Waals surface area contributed by atoms with Crippen LogP contribution in [0.5, 0.6) is 0 Å². The molecule has 1 fully saturated rings. The second-order valence-electron chi connectivity index (χ2n) is 4.00. The Hall–Kier alpha value is 0.150. The van der Waals surface area contributed by atoms with Crippen molar-refractivity contribution in [2.75, 3.05) is 37.9 Å². The number of thioether (sulfide) groups is 2. The van der Waals surface area contributed by atoms with Crippen molar-refractivity contribution >= 4 is 23.5 Å². The van der Waals surface area contributed by atoms with Gasteiger partial charge in [0.1, 0.15) is 4.75 Å². The fraction of sp³-hybridized carbons (Fsp3) is 0.909. The van der Waals surface area contributed by atoms with Crippen molar-refractivity contribution in [3.05, 3.63) is 0 Å². The van der Waals surface area contributed by atoms with Gasteiger partial charge in [-0.1, -0.05) is 0 Å². The minimum atomic E-state index is -0.0873. The molecule has 0 aromatic heterocycles. The van der Waals surface area contributed by atoms with Gasteiger partial charge in [-0.3, -0.25) is 0 Å². The maximum atomic E-state index is 9.15. The molecule has 86 valence electrons. The molecule has 0 amide bonds. The first-order valence-electron chi connectivity index (χ1n) is 5.44. The van der Waals surface area contributed by atoms with E-state index in [2.05, 4.69) is 23.5 Å². The van der Waals surface area contributed by atoms with Gasteiger partial charge >= 0.3 is 0 Å². The zero-order chi connectivity index (χ0) is 11.1. The van der Waals surface area contributed by atoms with Gasteiger partial charge in [0.15, 0.2) is 0 Å². The van der Waals surface area contributed by atoms with Crippen molar-refractivity contribution < 1.29 is 0 Å². The van der Waals surface area contributed by atoms with Crippen LogP contribution in [0.1, 0.15) is 19.3 Å². The van der Waals surface area contributed by atoms with Gasteiger partial charge in [0.05, 0.1) is 6.07 Å². The van der Waals surface area contributed by atoms with Crippen molar-refractivity contribution in [2.24, 2.45) is 0 Å². The molecule has 0 aliphatic carbocycles. The van der Waals surface area contributed by atoms with Gasteiger partial charge in [0.25, 0.3) is 0 Å². The summed E-state index contributed by atoms with van der Waals surface area (Å²) in [6.45, 7) is 3.41. The summed E-state index contributed by atoms with van der Waals surface area (Å²) in [6, 6.07) is 2.49. The molecule has 15 heavy (non-hydrogen) atoms. The number of rotatable bonds is 5. The highest BCUT2D eigenvalue weighted by molar-refractivity contribution is 8.00. The van der Waals surface area contributed by atoms with E-state index in [1.807, 2.05) is 11.8 Å². The molecule has 0 N–H and O–H groups in total. The van der Waals surface area contributed by atoms with Gasteiger partial charge in [0, 0.05) is 13.1 Å². The molecular formula is C11H20N2S2. The summed E-state index contributed by atoms with van der Waals surface area (Å²) in [6.07, 6.45) is 7.56. The maximum absolute atomic E-state index is 9.15. The van der Waals surface area contributed by atoms with E-state index >= 15 is 0 Å². The summed E-state index contributed by atoms with van der Waals surface area (Å²) >= 11 is 3.65. The molecule has 1 saturated heterocycles. The average molecular weight is 244 g/mol. The van der Waals surface area contributed by atoms with E-state index in [-0.39, 0.29) is 4.75 Å². The van der Waals surface area contributed by atoms with Crippen molar-refractivity contribution in [3.8, 4) is 6.07 Å². The van der Waals surface area contributed by atoms with Gasteiger partial charge in [-0.25, -0.2) is 0 Å².